The number of nitrogens with one attached hydrogen (secondary N) is 1. The number of hydrogen-bond donors (Lipinski definition) is 2. The second-order valence-corrected chi connectivity index (χ2v) is 6.24. The molecule has 0 fully saturated rings. The molecule has 0 aliphatic carbocycles. The molecule has 8 heteroatoms. The Balaban J connectivity index is 0.00000196. The van der Waals surface area contributed by atoms with E-state index in [9.17, 15) is 4.79 Å². The SMILES string of the molecule is Cc1ccc2nc(COc3ccccc3C(=O)NCCCCN)cn2c1.Cl.Cl. The minimum absolute atomic E-state index is 0. The number of carbonyl (C=O) groups excluding carboxylic acids is 1. The fourth-order valence-corrected chi connectivity index (χ4v) is 2.72. The number of halogens is 2. The van der Waals surface area contributed by atoms with Gasteiger partial charge in [0.05, 0.1) is 11.3 Å². The molecule has 2 aromatic heterocycles. The van der Waals surface area contributed by atoms with Gasteiger partial charge in [0.1, 0.15) is 18.0 Å². The van der Waals surface area contributed by atoms with Crippen LogP contribution in [0.1, 0.15) is 34.5 Å². The zero-order chi connectivity index (χ0) is 18.4. The molecule has 3 N–H and O–H groups in total. The molecule has 0 bridgehead atoms. The van der Waals surface area contributed by atoms with E-state index in [0.29, 0.717) is 31.0 Å². The molecule has 3 aromatic rings. The third-order valence-corrected chi connectivity index (χ3v) is 4.07. The van der Waals surface area contributed by atoms with Crippen LogP contribution in [0.25, 0.3) is 5.65 Å². The van der Waals surface area contributed by atoms with Crippen molar-refractivity contribution in [1.29, 1.82) is 0 Å². The summed E-state index contributed by atoms with van der Waals surface area (Å²) in [5.41, 5.74) is 8.85. The highest BCUT2D eigenvalue weighted by molar-refractivity contribution is 5.96. The Morgan fingerprint density at radius 3 is 2.71 bits per heavy atom. The van der Waals surface area contributed by atoms with Gasteiger partial charge in [0.15, 0.2) is 0 Å². The van der Waals surface area contributed by atoms with Crippen molar-refractivity contribution in [1.82, 2.24) is 14.7 Å². The molecule has 0 atom stereocenters. The van der Waals surface area contributed by atoms with Crippen molar-refractivity contribution in [3.8, 4) is 5.75 Å². The van der Waals surface area contributed by atoms with Crippen LogP contribution in [0.4, 0.5) is 0 Å². The number of para-hydroxylation sites is 1. The Morgan fingerprint density at radius 2 is 1.93 bits per heavy atom. The fraction of sp³-hybridized carbons (Fsp3) is 0.300. The highest BCUT2D eigenvalue weighted by atomic mass is 35.5. The molecule has 152 valence electrons. The molecule has 0 aliphatic rings. The number of aromatic nitrogens is 2. The number of carbonyl (C=O) groups is 1. The summed E-state index contributed by atoms with van der Waals surface area (Å²) in [4.78, 5) is 16.9. The number of nitrogens with two attached hydrogens (primary N) is 1. The van der Waals surface area contributed by atoms with E-state index in [1.165, 1.54) is 5.56 Å². The van der Waals surface area contributed by atoms with E-state index in [4.69, 9.17) is 10.5 Å². The second kappa shape index (κ2) is 11.5. The molecule has 1 amide bonds. The van der Waals surface area contributed by atoms with Gasteiger partial charge < -0.3 is 20.2 Å². The highest BCUT2D eigenvalue weighted by Gasteiger charge is 2.12. The monoisotopic (exact) mass is 424 g/mol. The molecule has 0 unspecified atom stereocenters. The second-order valence-electron chi connectivity index (χ2n) is 6.24. The van der Waals surface area contributed by atoms with Gasteiger partial charge in [-0.25, -0.2) is 4.98 Å². The third kappa shape index (κ3) is 6.12. The predicted molar refractivity (Wildman–Crippen MR) is 116 cm³/mol. The van der Waals surface area contributed by atoms with Gasteiger partial charge in [-0.1, -0.05) is 18.2 Å². The summed E-state index contributed by atoms with van der Waals surface area (Å²) in [7, 11) is 0. The maximum atomic E-state index is 12.4. The van der Waals surface area contributed by atoms with E-state index in [1.54, 1.807) is 12.1 Å². The van der Waals surface area contributed by atoms with Crippen molar-refractivity contribution >= 4 is 36.4 Å². The van der Waals surface area contributed by atoms with Gasteiger partial charge in [0.25, 0.3) is 5.91 Å². The predicted octanol–water partition coefficient (Wildman–Crippen LogP) is 3.53. The maximum absolute atomic E-state index is 12.4. The number of fused-ring (bicyclic) bond motifs is 1. The van der Waals surface area contributed by atoms with Gasteiger partial charge in [-0.2, -0.15) is 0 Å². The van der Waals surface area contributed by atoms with Crippen LogP contribution in [-0.4, -0.2) is 28.4 Å². The van der Waals surface area contributed by atoms with Gasteiger partial charge in [0, 0.05) is 18.9 Å². The molecule has 0 radical (unpaired) electrons. The van der Waals surface area contributed by atoms with E-state index >= 15 is 0 Å². The van der Waals surface area contributed by atoms with E-state index < -0.39 is 0 Å². The topological polar surface area (TPSA) is 81.6 Å². The third-order valence-electron chi connectivity index (χ3n) is 4.07. The fourth-order valence-electron chi connectivity index (χ4n) is 2.72. The van der Waals surface area contributed by atoms with Crippen molar-refractivity contribution in [2.45, 2.75) is 26.4 Å². The first-order chi connectivity index (χ1) is 12.7. The van der Waals surface area contributed by atoms with Crippen LogP contribution in [0.3, 0.4) is 0 Å². The number of rotatable bonds is 8. The van der Waals surface area contributed by atoms with Crippen LogP contribution >= 0.6 is 24.8 Å². The van der Waals surface area contributed by atoms with Gasteiger partial charge in [-0.05, 0) is 50.1 Å². The first kappa shape index (κ1) is 23.8. The van der Waals surface area contributed by atoms with Crippen molar-refractivity contribution in [2.75, 3.05) is 13.1 Å². The summed E-state index contributed by atoms with van der Waals surface area (Å²) in [5, 5.41) is 2.91. The molecule has 3 rings (SSSR count). The highest BCUT2D eigenvalue weighted by Crippen LogP contribution is 2.19. The summed E-state index contributed by atoms with van der Waals surface area (Å²) in [5.74, 6) is 0.417. The number of amides is 1. The lowest BCUT2D eigenvalue weighted by Crippen LogP contribution is -2.25. The Hall–Kier alpha value is -2.28. The lowest BCUT2D eigenvalue weighted by Gasteiger charge is -2.11. The molecule has 0 saturated heterocycles. The summed E-state index contributed by atoms with van der Waals surface area (Å²) in [6.07, 6.45) is 5.73. The lowest BCUT2D eigenvalue weighted by molar-refractivity contribution is 0.0948. The number of pyridine rings is 1. The average Bonchev–Trinajstić information content (AvgIpc) is 3.05. The Bertz CT molecular complexity index is 899. The molecular formula is C20H26Cl2N4O2. The van der Waals surface area contributed by atoms with Crippen molar-refractivity contribution in [3.05, 3.63) is 65.6 Å². The smallest absolute Gasteiger partial charge is 0.255 e. The largest absolute Gasteiger partial charge is 0.486 e. The molecule has 0 aliphatic heterocycles. The van der Waals surface area contributed by atoms with Crippen LogP contribution in [0.2, 0.25) is 0 Å². The van der Waals surface area contributed by atoms with Crippen LogP contribution < -0.4 is 15.8 Å². The number of benzene rings is 1. The minimum Gasteiger partial charge on any atom is -0.486 e. The lowest BCUT2D eigenvalue weighted by atomic mass is 10.2. The minimum atomic E-state index is -0.136. The molecule has 28 heavy (non-hydrogen) atoms. The van der Waals surface area contributed by atoms with Gasteiger partial charge in [-0.15, -0.1) is 24.8 Å². The van der Waals surface area contributed by atoms with Crippen LogP contribution in [0.5, 0.6) is 5.75 Å². The van der Waals surface area contributed by atoms with Gasteiger partial charge in [0.2, 0.25) is 0 Å². The van der Waals surface area contributed by atoms with Crippen molar-refractivity contribution in [3.63, 3.8) is 0 Å². The van der Waals surface area contributed by atoms with Crippen molar-refractivity contribution < 1.29 is 9.53 Å². The zero-order valence-electron chi connectivity index (χ0n) is 15.8. The number of nitrogens with zero attached hydrogens (tertiary/aromatic N) is 2. The Labute approximate surface area is 177 Å². The standard InChI is InChI=1S/C20H24N4O2.2ClH/c1-15-8-9-19-23-16(13-24(19)12-15)14-26-18-7-3-2-6-17(18)20(25)22-11-5-4-10-21;;/h2-3,6-9,12-13H,4-5,10-11,14,21H2,1H3,(H,22,25);2*1H. The quantitative estimate of drug-likeness (QED) is 0.541. The normalized spacial score (nSPS) is 10.1. The van der Waals surface area contributed by atoms with Crippen LogP contribution in [0.15, 0.2) is 48.8 Å². The summed E-state index contributed by atoms with van der Waals surface area (Å²) in [6.45, 7) is 3.58. The maximum Gasteiger partial charge on any atom is 0.255 e. The molecular weight excluding hydrogens is 399 g/mol. The first-order valence-corrected chi connectivity index (χ1v) is 8.81. The van der Waals surface area contributed by atoms with E-state index in [2.05, 4.69) is 10.3 Å². The molecule has 2 heterocycles. The number of hydrogen-bond acceptors (Lipinski definition) is 4. The Morgan fingerprint density at radius 1 is 1.14 bits per heavy atom. The first-order valence-electron chi connectivity index (χ1n) is 8.81. The van der Waals surface area contributed by atoms with Gasteiger partial charge >= 0.3 is 0 Å². The van der Waals surface area contributed by atoms with Crippen LogP contribution in [0, 0.1) is 6.92 Å². The number of aryl methyl sites for hydroxylation is 1. The number of ether oxygens (including phenoxy) is 1. The molecule has 6 nitrogen and oxygen atoms in total. The average molecular weight is 425 g/mol. The van der Waals surface area contributed by atoms with Crippen LogP contribution in [-0.2, 0) is 6.61 Å². The van der Waals surface area contributed by atoms with Gasteiger partial charge in [-0.3, -0.25) is 4.79 Å². The summed E-state index contributed by atoms with van der Waals surface area (Å²) in [6, 6.07) is 11.2. The molecule has 0 saturated carbocycles. The Kier molecular flexibility index (Phi) is 9.79. The summed E-state index contributed by atoms with van der Waals surface area (Å²) < 4.78 is 7.85. The van der Waals surface area contributed by atoms with E-state index in [1.807, 2.05) is 48.0 Å². The summed E-state index contributed by atoms with van der Waals surface area (Å²) >= 11 is 0. The zero-order valence-corrected chi connectivity index (χ0v) is 17.4. The number of imidazole rings is 1. The molecule has 1 aromatic carbocycles. The van der Waals surface area contributed by atoms with E-state index in [0.717, 1.165) is 24.2 Å². The van der Waals surface area contributed by atoms with E-state index in [-0.39, 0.29) is 30.7 Å². The number of unbranched alkanes of at least 4 members (excludes halogenated alkanes) is 1. The molecule has 0 spiro atoms. The van der Waals surface area contributed by atoms with Crippen molar-refractivity contribution in [2.24, 2.45) is 5.73 Å².